The highest BCUT2D eigenvalue weighted by molar-refractivity contribution is 5.88. The summed E-state index contributed by atoms with van der Waals surface area (Å²) in [6.07, 6.45) is 1.76. The Kier molecular flexibility index (Phi) is 4.40. The number of hydrogen-bond acceptors (Lipinski definition) is 4. The molecule has 0 radical (unpaired) electrons. The van der Waals surface area contributed by atoms with Crippen molar-refractivity contribution in [2.24, 2.45) is 0 Å². The van der Waals surface area contributed by atoms with Gasteiger partial charge in [0.15, 0.2) is 5.75 Å². The third-order valence-corrected chi connectivity index (χ3v) is 3.38. The van der Waals surface area contributed by atoms with Crippen molar-refractivity contribution in [3.05, 3.63) is 28.6 Å². The topological polar surface area (TPSA) is 71.7 Å². The Bertz CT molecular complexity index is 703. The Hall–Kier alpha value is -2.17. The van der Waals surface area contributed by atoms with Gasteiger partial charge in [-0.1, -0.05) is 13.3 Å². The SMILES string of the molecule is CCCCOc1c(O)c2ccc(O)cc2n(C(C)C)c1=O. The van der Waals surface area contributed by atoms with Crippen LogP contribution in [0.1, 0.15) is 39.7 Å². The smallest absolute Gasteiger partial charge is 0.297 e. The van der Waals surface area contributed by atoms with Gasteiger partial charge in [-0.25, -0.2) is 0 Å². The number of pyridine rings is 1. The Morgan fingerprint density at radius 1 is 1.29 bits per heavy atom. The highest BCUT2D eigenvalue weighted by Gasteiger charge is 2.19. The molecular formula is C16H21NO4. The molecule has 1 heterocycles. The van der Waals surface area contributed by atoms with Crippen LogP contribution in [0.2, 0.25) is 0 Å². The quantitative estimate of drug-likeness (QED) is 0.830. The summed E-state index contributed by atoms with van der Waals surface area (Å²) in [6.45, 7) is 6.16. The van der Waals surface area contributed by atoms with Crippen LogP contribution >= 0.6 is 0 Å². The van der Waals surface area contributed by atoms with Crippen LogP contribution in [0, 0.1) is 0 Å². The van der Waals surface area contributed by atoms with Gasteiger partial charge in [0.05, 0.1) is 12.1 Å². The molecule has 0 atom stereocenters. The fraction of sp³-hybridized carbons (Fsp3) is 0.438. The van der Waals surface area contributed by atoms with E-state index in [0.717, 1.165) is 12.8 Å². The van der Waals surface area contributed by atoms with E-state index in [9.17, 15) is 15.0 Å². The van der Waals surface area contributed by atoms with Gasteiger partial charge >= 0.3 is 0 Å². The first-order valence-corrected chi connectivity index (χ1v) is 7.20. The molecule has 0 unspecified atom stereocenters. The molecule has 1 aromatic carbocycles. The summed E-state index contributed by atoms with van der Waals surface area (Å²) in [4.78, 5) is 12.5. The van der Waals surface area contributed by atoms with Gasteiger partial charge in [0.2, 0.25) is 5.75 Å². The lowest BCUT2D eigenvalue weighted by molar-refractivity contribution is 0.286. The number of ether oxygens (including phenoxy) is 1. The highest BCUT2D eigenvalue weighted by Crippen LogP contribution is 2.34. The van der Waals surface area contributed by atoms with Gasteiger partial charge in [0.1, 0.15) is 5.75 Å². The minimum atomic E-state index is -0.378. The normalized spacial score (nSPS) is 11.2. The maximum Gasteiger partial charge on any atom is 0.297 e. The average molecular weight is 291 g/mol. The number of aromatic nitrogens is 1. The lowest BCUT2D eigenvalue weighted by Crippen LogP contribution is -2.24. The molecule has 2 rings (SSSR count). The standard InChI is InChI=1S/C16H21NO4/c1-4-5-8-21-15-14(19)12-7-6-11(18)9-13(12)17(10(2)3)16(15)20/h6-7,9-10,18-19H,4-5,8H2,1-3H3. The lowest BCUT2D eigenvalue weighted by atomic mass is 10.1. The molecule has 0 spiro atoms. The molecule has 0 fully saturated rings. The van der Waals surface area contributed by atoms with E-state index in [-0.39, 0.29) is 28.8 Å². The molecule has 0 saturated heterocycles. The number of rotatable bonds is 5. The largest absolute Gasteiger partial charge is 0.508 e. The molecule has 1 aromatic heterocycles. The number of unbranched alkanes of at least 4 members (excludes halogenated alkanes) is 1. The van der Waals surface area contributed by atoms with E-state index in [1.54, 1.807) is 6.07 Å². The van der Waals surface area contributed by atoms with Crippen molar-refractivity contribution in [3.63, 3.8) is 0 Å². The van der Waals surface area contributed by atoms with Crippen LogP contribution in [0.4, 0.5) is 0 Å². The summed E-state index contributed by atoms with van der Waals surface area (Å²) in [7, 11) is 0. The van der Waals surface area contributed by atoms with Crippen LogP contribution in [0.5, 0.6) is 17.2 Å². The Morgan fingerprint density at radius 2 is 2.00 bits per heavy atom. The first-order valence-electron chi connectivity index (χ1n) is 7.20. The molecule has 2 aromatic rings. The number of hydrogen-bond donors (Lipinski definition) is 2. The van der Waals surface area contributed by atoms with Gasteiger partial charge in [0, 0.05) is 17.5 Å². The van der Waals surface area contributed by atoms with Crippen molar-refractivity contribution >= 4 is 10.9 Å². The van der Waals surface area contributed by atoms with E-state index < -0.39 is 0 Å². The summed E-state index contributed by atoms with van der Waals surface area (Å²) in [5.41, 5.74) is 0.118. The van der Waals surface area contributed by atoms with E-state index in [1.165, 1.54) is 16.7 Å². The zero-order valence-electron chi connectivity index (χ0n) is 12.6. The van der Waals surface area contributed by atoms with Crippen molar-refractivity contribution in [3.8, 4) is 17.2 Å². The summed E-state index contributed by atoms with van der Waals surface area (Å²) in [6, 6.07) is 4.43. The molecule has 0 aliphatic carbocycles. The van der Waals surface area contributed by atoms with E-state index in [1.807, 2.05) is 20.8 Å². The fourth-order valence-electron chi connectivity index (χ4n) is 2.32. The number of benzene rings is 1. The first-order chi connectivity index (χ1) is 9.97. The fourth-order valence-corrected chi connectivity index (χ4v) is 2.32. The highest BCUT2D eigenvalue weighted by atomic mass is 16.5. The second-order valence-corrected chi connectivity index (χ2v) is 5.35. The lowest BCUT2D eigenvalue weighted by Gasteiger charge is -2.18. The monoisotopic (exact) mass is 291 g/mol. The predicted octanol–water partition coefficient (Wildman–Crippen LogP) is 3.17. The van der Waals surface area contributed by atoms with Gasteiger partial charge in [-0.15, -0.1) is 0 Å². The number of aromatic hydroxyl groups is 2. The molecule has 2 N–H and O–H groups in total. The average Bonchev–Trinajstić information content (AvgIpc) is 2.42. The molecular weight excluding hydrogens is 270 g/mol. The van der Waals surface area contributed by atoms with Crippen molar-refractivity contribution in [1.82, 2.24) is 4.57 Å². The van der Waals surface area contributed by atoms with Crippen LogP contribution in [-0.2, 0) is 0 Å². The van der Waals surface area contributed by atoms with Crippen molar-refractivity contribution in [2.75, 3.05) is 6.61 Å². The van der Waals surface area contributed by atoms with Crippen molar-refractivity contribution in [1.29, 1.82) is 0 Å². The zero-order chi connectivity index (χ0) is 15.6. The number of fused-ring (bicyclic) bond motifs is 1. The van der Waals surface area contributed by atoms with Crippen molar-refractivity contribution in [2.45, 2.75) is 39.7 Å². The molecule has 5 heteroatoms. The van der Waals surface area contributed by atoms with Crippen LogP contribution < -0.4 is 10.3 Å². The number of nitrogens with zero attached hydrogens (tertiary/aromatic N) is 1. The Morgan fingerprint density at radius 3 is 2.62 bits per heavy atom. The van der Waals surface area contributed by atoms with Crippen LogP contribution in [0.25, 0.3) is 10.9 Å². The number of phenols is 1. The first kappa shape index (κ1) is 15.2. The van der Waals surface area contributed by atoms with Gasteiger partial charge in [0.25, 0.3) is 5.56 Å². The summed E-state index contributed by atoms with van der Waals surface area (Å²) in [5, 5.41) is 20.4. The van der Waals surface area contributed by atoms with Crippen LogP contribution in [0.15, 0.2) is 23.0 Å². The molecule has 0 aliphatic rings. The summed E-state index contributed by atoms with van der Waals surface area (Å²) < 4.78 is 7.02. The number of phenolic OH excluding ortho intramolecular Hbond substituents is 1. The Labute approximate surface area is 123 Å². The minimum absolute atomic E-state index is 0.0182. The maximum absolute atomic E-state index is 12.5. The van der Waals surface area contributed by atoms with Gasteiger partial charge < -0.3 is 19.5 Å². The summed E-state index contributed by atoms with van der Waals surface area (Å²) in [5.74, 6) is -0.131. The van der Waals surface area contributed by atoms with E-state index in [2.05, 4.69) is 0 Å². The third-order valence-electron chi connectivity index (χ3n) is 3.38. The third kappa shape index (κ3) is 2.82. The maximum atomic E-state index is 12.5. The predicted molar refractivity (Wildman–Crippen MR) is 82.3 cm³/mol. The molecule has 114 valence electrons. The second kappa shape index (κ2) is 6.08. The van der Waals surface area contributed by atoms with Gasteiger partial charge in [-0.3, -0.25) is 4.79 Å². The second-order valence-electron chi connectivity index (χ2n) is 5.35. The summed E-state index contributed by atoms with van der Waals surface area (Å²) >= 11 is 0. The zero-order valence-corrected chi connectivity index (χ0v) is 12.6. The minimum Gasteiger partial charge on any atom is -0.508 e. The van der Waals surface area contributed by atoms with Crippen LogP contribution in [0.3, 0.4) is 0 Å². The van der Waals surface area contributed by atoms with Gasteiger partial charge in [-0.2, -0.15) is 0 Å². The molecule has 5 nitrogen and oxygen atoms in total. The molecule has 21 heavy (non-hydrogen) atoms. The van der Waals surface area contributed by atoms with Crippen LogP contribution in [-0.4, -0.2) is 21.4 Å². The van der Waals surface area contributed by atoms with E-state index in [4.69, 9.17) is 4.74 Å². The Balaban J connectivity index is 2.70. The van der Waals surface area contributed by atoms with E-state index >= 15 is 0 Å². The van der Waals surface area contributed by atoms with Crippen molar-refractivity contribution < 1.29 is 14.9 Å². The molecule has 0 saturated carbocycles. The van der Waals surface area contributed by atoms with Gasteiger partial charge in [-0.05, 0) is 32.4 Å². The molecule has 0 amide bonds. The molecule has 0 aliphatic heterocycles. The van der Waals surface area contributed by atoms with E-state index in [0.29, 0.717) is 17.5 Å². The molecule has 0 bridgehead atoms.